The minimum absolute atomic E-state index is 0.355. The number of quaternary nitrogens is 1. The maximum atomic E-state index is 10.5. The molecule has 4 rings (SSSR count). The molecule has 0 radical (unpaired) electrons. The standard InChI is InChI=1S/C19H21N3O2S2/c23-14(12-22-7-9-24-10-8-22)13-26-19-15-4-1-2-5-16(15)20-18(21-19)17-6-3-11-25-17/h1-6,11,14,23H,7-10,12-13H2/p+1/t14-/m1/s1. The number of nitrogens with zero attached hydrogens (tertiary/aromatic N) is 2. The van der Waals surface area contributed by atoms with Gasteiger partial charge in [0.05, 0.1) is 23.6 Å². The molecule has 1 saturated heterocycles. The van der Waals surface area contributed by atoms with Crippen LogP contribution >= 0.6 is 23.1 Å². The number of aromatic nitrogens is 2. The predicted octanol–water partition coefficient (Wildman–Crippen LogP) is 1.73. The molecule has 5 nitrogen and oxygen atoms in total. The molecule has 1 aliphatic heterocycles. The number of aliphatic hydroxyl groups is 1. The molecule has 3 heterocycles. The summed E-state index contributed by atoms with van der Waals surface area (Å²) in [5.41, 5.74) is 0.946. The highest BCUT2D eigenvalue weighted by Crippen LogP contribution is 2.30. The summed E-state index contributed by atoms with van der Waals surface area (Å²) in [7, 11) is 0. The molecule has 1 atom stereocenters. The molecule has 7 heteroatoms. The summed E-state index contributed by atoms with van der Waals surface area (Å²) >= 11 is 3.26. The smallest absolute Gasteiger partial charge is 0.171 e. The lowest BCUT2D eigenvalue weighted by atomic mass is 10.2. The Hall–Kier alpha value is -1.51. The first kappa shape index (κ1) is 17.9. The Morgan fingerprint density at radius 3 is 2.81 bits per heavy atom. The predicted molar refractivity (Wildman–Crippen MR) is 106 cm³/mol. The highest BCUT2D eigenvalue weighted by atomic mass is 32.2. The summed E-state index contributed by atoms with van der Waals surface area (Å²) in [5.74, 6) is 1.39. The van der Waals surface area contributed by atoms with Crippen LogP contribution < -0.4 is 4.90 Å². The maximum Gasteiger partial charge on any atom is 0.171 e. The van der Waals surface area contributed by atoms with Crippen LogP contribution in [0.25, 0.3) is 21.6 Å². The van der Waals surface area contributed by atoms with E-state index in [2.05, 4.69) is 6.07 Å². The van der Waals surface area contributed by atoms with E-state index < -0.39 is 0 Å². The average Bonchev–Trinajstić information content (AvgIpc) is 3.21. The number of para-hydroxylation sites is 1. The second kappa shape index (κ2) is 8.45. The minimum atomic E-state index is -0.355. The van der Waals surface area contributed by atoms with Gasteiger partial charge >= 0.3 is 0 Å². The van der Waals surface area contributed by atoms with Gasteiger partial charge in [-0.05, 0) is 17.5 Å². The van der Waals surface area contributed by atoms with Gasteiger partial charge in [-0.15, -0.1) is 23.1 Å². The Labute approximate surface area is 161 Å². The van der Waals surface area contributed by atoms with Gasteiger partial charge in [0.2, 0.25) is 0 Å². The molecule has 3 aromatic rings. The van der Waals surface area contributed by atoms with Crippen LogP contribution in [-0.4, -0.2) is 59.8 Å². The van der Waals surface area contributed by atoms with Crippen LogP contribution in [0.15, 0.2) is 46.8 Å². The van der Waals surface area contributed by atoms with Crippen molar-refractivity contribution in [3.05, 3.63) is 41.8 Å². The Morgan fingerprint density at radius 1 is 1.15 bits per heavy atom. The van der Waals surface area contributed by atoms with Crippen molar-refractivity contribution >= 4 is 34.0 Å². The zero-order valence-electron chi connectivity index (χ0n) is 14.4. The van der Waals surface area contributed by atoms with Crippen LogP contribution in [0.1, 0.15) is 0 Å². The third kappa shape index (κ3) is 4.24. The lowest BCUT2D eigenvalue weighted by Crippen LogP contribution is -3.15. The first-order valence-electron chi connectivity index (χ1n) is 8.82. The van der Waals surface area contributed by atoms with Crippen molar-refractivity contribution in [3.63, 3.8) is 0 Å². The molecule has 0 unspecified atom stereocenters. The van der Waals surface area contributed by atoms with Gasteiger partial charge in [-0.1, -0.05) is 24.3 Å². The number of benzene rings is 1. The number of nitrogens with one attached hydrogen (secondary N) is 1. The number of thioether (sulfide) groups is 1. The summed E-state index contributed by atoms with van der Waals surface area (Å²) in [6.07, 6.45) is -0.355. The molecule has 0 saturated carbocycles. The first-order chi connectivity index (χ1) is 12.8. The fraction of sp³-hybridized carbons (Fsp3) is 0.368. The molecule has 0 spiro atoms. The van der Waals surface area contributed by atoms with Crippen molar-refractivity contribution in [2.75, 3.05) is 38.6 Å². The Kier molecular flexibility index (Phi) is 5.81. The number of ether oxygens (including phenoxy) is 1. The van der Waals surface area contributed by atoms with Crippen molar-refractivity contribution in [1.29, 1.82) is 0 Å². The topological polar surface area (TPSA) is 59.7 Å². The Bertz CT molecular complexity index is 851. The number of thiophene rings is 1. The number of hydrogen-bond acceptors (Lipinski definition) is 6. The summed E-state index contributed by atoms with van der Waals surface area (Å²) in [6, 6.07) is 12.1. The molecule has 1 aliphatic rings. The van der Waals surface area contributed by atoms with Crippen LogP contribution in [0, 0.1) is 0 Å². The summed E-state index contributed by atoms with van der Waals surface area (Å²) in [5, 5.41) is 14.5. The highest BCUT2D eigenvalue weighted by Gasteiger charge is 2.19. The Balaban J connectivity index is 1.51. The van der Waals surface area contributed by atoms with Crippen LogP contribution in [0.3, 0.4) is 0 Å². The number of hydrogen-bond donors (Lipinski definition) is 2. The molecule has 1 fully saturated rings. The van der Waals surface area contributed by atoms with E-state index in [0.717, 1.165) is 59.5 Å². The highest BCUT2D eigenvalue weighted by molar-refractivity contribution is 7.99. The van der Waals surface area contributed by atoms with Crippen molar-refractivity contribution in [2.24, 2.45) is 0 Å². The monoisotopic (exact) mass is 388 g/mol. The summed E-state index contributed by atoms with van der Waals surface area (Å²) < 4.78 is 5.38. The molecule has 1 aromatic carbocycles. The normalized spacial score (nSPS) is 16.8. The summed E-state index contributed by atoms with van der Waals surface area (Å²) in [4.78, 5) is 12.0. The van der Waals surface area contributed by atoms with Crippen molar-refractivity contribution < 1.29 is 14.7 Å². The van der Waals surface area contributed by atoms with Gasteiger partial charge in [0, 0.05) is 11.1 Å². The van der Waals surface area contributed by atoms with Gasteiger partial charge in [-0.3, -0.25) is 0 Å². The average molecular weight is 389 g/mol. The third-order valence-electron chi connectivity index (χ3n) is 4.45. The molecule has 0 amide bonds. The molecule has 2 N–H and O–H groups in total. The van der Waals surface area contributed by atoms with Crippen molar-refractivity contribution in [3.8, 4) is 10.7 Å². The third-order valence-corrected chi connectivity index (χ3v) is 6.45. The van der Waals surface area contributed by atoms with E-state index >= 15 is 0 Å². The quantitative estimate of drug-likeness (QED) is 0.497. The van der Waals surface area contributed by atoms with Gasteiger partial charge in [-0.25, -0.2) is 9.97 Å². The maximum absolute atomic E-state index is 10.5. The van der Waals surface area contributed by atoms with E-state index in [1.54, 1.807) is 23.1 Å². The Morgan fingerprint density at radius 2 is 2.00 bits per heavy atom. The fourth-order valence-electron chi connectivity index (χ4n) is 3.10. The van der Waals surface area contributed by atoms with E-state index in [-0.39, 0.29) is 6.10 Å². The largest absolute Gasteiger partial charge is 0.386 e. The van der Waals surface area contributed by atoms with Gasteiger partial charge in [0.25, 0.3) is 0 Å². The van der Waals surface area contributed by atoms with E-state index in [4.69, 9.17) is 14.7 Å². The lowest BCUT2D eigenvalue weighted by Gasteiger charge is -2.25. The van der Waals surface area contributed by atoms with Crippen molar-refractivity contribution in [2.45, 2.75) is 11.1 Å². The van der Waals surface area contributed by atoms with Crippen LogP contribution in [-0.2, 0) is 4.74 Å². The van der Waals surface area contributed by atoms with Gasteiger partial charge in [0.1, 0.15) is 30.8 Å². The molecule has 26 heavy (non-hydrogen) atoms. The zero-order valence-corrected chi connectivity index (χ0v) is 16.1. The molecule has 0 bridgehead atoms. The minimum Gasteiger partial charge on any atom is -0.386 e. The molecular formula is C19H22N3O2S2+. The molecule has 0 aliphatic carbocycles. The van der Waals surface area contributed by atoms with Crippen LogP contribution in [0.2, 0.25) is 0 Å². The zero-order chi connectivity index (χ0) is 17.8. The van der Waals surface area contributed by atoms with E-state index in [0.29, 0.717) is 5.75 Å². The van der Waals surface area contributed by atoms with Crippen molar-refractivity contribution in [1.82, 2.24) is 9.97 Å². The molecular weight excluding hydrogens is 366 g/mol. The number of aliphatic hydroxyl groups excluding tert-OH is 1. The van der Waals surface area contributed by atoms with Gasteiger partial charge < -0.3 is 14.7 Å². The first-order valence-corrected chi connectivity index (χ1v) is 10.7. The second-order valence-electron chi connectivity index (χ2n) is 6.38. The van der Waals surface area contributed by atoms with Crippen LogP contribution in [0.4, 0.5) is 0 Å². The summed E-state index contributed by atoms with van der Waals surface area (Å²) in [6.45, 7) is 4.28. The van der Waals surface area contributed by atoms with E-state index in [1.165, 1.54) is 4.90 Å². The van der Waals surface area contributed by atoms with E-state index in [9.17, 15) is 5.11 Å². The number of morpholine rings is 1. The van der Waals surface area contributed by atoms with E-state index in [1.807, 2.05) is 35.7 Å². The SMILES string of the molecule is O[C@@H](CSc1nc(-c2cccs2)nc2ccccc12)C[NH+]1CCOCC1. The molecule has 136 valence electrons. The number of fused-ring (bicyclic) bond motifs is 1. The van der Waals surface area contributed by atoms with Gasteiger partial charge in [0.15, 0.2) is 5.82 Å². The van der Waals surface area contributed by atoms with Gasteiger partial charge in [-0.2, -0.15) is 0 Å². The number of rotatable bonds is 6. The fourth-order valence-corrected chi connectivity index (χ4v) is 4.71. The molecule has 2 aromatic heterocycles. The second-order valence-corrected chi connectivity index (χ2v) is 8.33. The lowest BCUT2D eigenvalue weighted by molar-refractivity contribution is -0.910. The van der Waals surface area contributed by atoms with Crippen LogP contribution in [0.5, 0.6) is 0 Å².